The zero-order chi connectivity index (χ0) is 13.9. The molecule has 106 valence electrons. The fourth-order valence-corrected chi connectivity index (χ4v) is 2.93. The normalized spacial score (nSPS) is 18.7. The molecule has 0 amide bonds. The number of hydrogen-bond donors (Lipinski definition) is 1. The molecule has 0 radical (unpaired) electrons. The number of aromatic nitrogens is 2. The van der Waals surface area contributed by atoms with E-state index < -0.39 is 5.97 Å². The Kier molecular flexibility index (Phi) is 4.22. The molecule has 1 aromatic rings. The lowest BCUT2D eigenvalue weighted by Crippen LogP contribution is -2.30. The summed E-state index contributed by atoms with van der Waals surface area (Å²) in [5, 5.41) is 13.1. The van der Waals surface area contributed by atoms with Crippen molar-refractivity contribution in [3.63, 3.8) is 0 Å². The van der Waals surface area contributed by atoms with Gasteiger partial charge in [-0.3, -0.25) is 4.79 Å². The van der Waals surface area contributed by atoms with Gasteiger partial charge < -0.3 is 9.63 Å². The van der Waals surface area contributed by atoms with Gasteiger partial charge in [0.1, 0.15) is 0 Å². The molecule has 0 spiro atoms. The molecule has 5 nitrogen and oxygen atoms in total. The molecule has 19 heavy (non-hydrogen) atoms. The van der Waals surface area contributed by atoms with Crippen molar-refractivity contribution >= 4 is 5.97 Å². The highest BCUT2D eigenvalue weighted by Crippen LogP contribution is 2.42. The Bertz CT molecular complexity index is 434. The number of carboxylic acid groups (broad SMARTS) is 1. The van der Waals surface area contributed by atoms with Crippen LogP contribution in [0.4, 0.5) is 0 Å². The van der Waals surface area contributed by atoms with Crippen LogP contribution in [0.1, 0.15) is 70.0 Å². The van der Waals surface area contributed by atoms with Gasteiger partial charge in [0, 0.05) is 12.3 Å². The highest BCUT2D eigenvalue weighted by molar-refractivity contribution is 5.67. The zero-order valence-corrected chi connectivity index (χ0v) is 11.7. The van der Waals surface area contributed by atoms with Crippen molar-refractivity contribution in [3.8, 4) is 0 Å². The molecule has 0 aromatic carbocycles. The molecular formula is C14H22N2O3. The summed E-state index contributed by atoms with van der Waals surface area (Å²) < 4.78 is 5.28. The molecule has 5 heteroatoms. The smallest absolute Gasteiger partial charge is 0.303 e. The average molecular weight is 266 g/mol. The molecule has 0 saturated heterocycles. The molecule has 1 fully saturated rings. The molecule has 1 aliphatic carbocycles. The first kappa shape index (κ1) is 14.0. The maximum atomic E-state index is 11.1. The Hall–Kier alpha value is -1.39. The van der Waals surface area contributed by atoms with E-state index in [4.69, 9.17) is 9.63 Å². The van der Waals surface area contributed by atoms with E-state index in [-0.39, 0.29) is 17.8 Å². The molecular weight excluding hydrogens is 244 g/mol. The molecule has 1 heterocycles. The minimum Gasteiger partial charge on any atom is -0.481 e. The third-order valence-corrected chi connectivity index (χ3v) is 3.97. The average Bonchev–Trinajstić information content (AvgIpc) is 2.77. The molecule has 0 atom stereocenters. The van der Waals surface area contributed by atoms with Gasteiger partial charge in [0.05, 0.1) is 6.42 Å². The van der Waals surface area contributed by atoms with Crippen LogP contribution >= 0.6 is 0 Å². The number of rotatable bonds is 5. The predicted molar refractivity (Wildman–Crippen MR) is 69.9 cm³/mol. The molecule has 0 bridgehead atoms. The minimum atomic E-state index is -0.731. The van der Waals surface area contributed by atoms with Gasteiger partial charge >= 0.3 is 5.97 Å². The van der Waals surface area contributed by atoms with Crippen LogP contribution in [0.15, 0.2) is 4.52 Å². The van der Waals surface area contributed by atoms with Gasteiger partial charge in [-0.2, -0.15) is 4.98 Å². The van der Waals surface area contributed by atoms with Gasteiger partial charge in [-0.05, 0) is 18.3 Å². The highest BCUT2D eigenvalue weighted by Gasteiger charge is 2.36. The molecule has 0 unspecified atom stereocenters. The summed E-state index contributed by atoms with van der Waals surface area (Å²) in [6.07, 6.45) is 6.07. The lowest BCUT2D eigenvalue weighted by molar-refractivity contribution is -0.140. The second-order valence-electron chi connectivity index (χ2n) is 6.01. The van der Waals surface area contributed by atoms with Crippen molar-refractivity contribution in [2.45, 2.75) is 64.7 Å². The molecule has 0 aliphatic heterocycles. The quantitative estimate of drug-likeness (QED) is 0.885. The van der Waals surface area contributed by atoms with Gasteiger partial charge in [-0.25, -0.2) is 0 Å². The van der Waals surface area contributed by atoms with Crippen LogP contribution in [0.3, 0.4) is 0 Å². The number of carbonyl (C=O) groups is 1. The summed E-state index contributed by atoms with van der Waals surface area (Å²) >= 11 is 0. The first-order valence-corrected chi connectivity index (χ1v) is 7.05. The van der Waals surface area contributed by atoms with Crippen LogP contribution in [-0.4, -0.2) is 21.2 Å². The van der Waals surface area contributed by atoms with E-state index in [1.54, 1.807) is 0 Å². The van der Waals surface area contributed by atoms with Crippen molar-refractivity contribution in [2.75, 3.05) is 0 Å². The van der Waals surface area contributed by atoms with E-state index in [2.05, 4.69) is 10.1 Å². The standard InChI is InChI=1S/C14H22N2O3/c1-10(2)13-15-11(19-16-13)8-14(9-12(17)18)6-4-3-5-7-14/h10H,3-9H2,1-2H3,(H,17,18). The van der Waals surface area contributed by atoms with E-state index in [0.29, 0.717) is 18.1 Å². The third-order valence-electron chi connectivity index (χ3n) is 3.97. The van der Waals surface area contributed by atoms with Crippen LogP contribution in [0.5, 0.6) is 0 Å². The Balaban J connectivity index is 2.12. The first-order valence-electron chi connectivity index (χ1n) is 7.05. The first-order chi connectivity index (χ1) is 9.01. The van der Waals surface area contributed by atoms with Crippen LogP contribution in [-0.2, 0) is 11.2 Å². The van der Waals surface area contributed by atoms with Crippen LogP contribution in [0.2, 0.25) is 0 Å². The van der Waals surface area contributed by atoms with Crippen molar-refractivity contribution in [1.29, 1.82) is 0 Å². The Morgan fingerprint density at radius 2 is 2.05 bits per heavy atom. The number of nitrogens with zero attached hydrogens (tertiary/aromatic N) is 2. The molecule has 1 saturated carbocycles. The molecule has 1 aromatic heterocycles. The lowest BCUT2D eigenvalue weighted by Gasteiger charge is -2.34. The summed E-state index contributed by atoms with van der Waals surface area (Å²) in [6, 6.07) is 0. The highest BCUT2D eigenvalue weighted by atomic mass is 16.5. The van der Waals surface area contributed by atoms with Gasteiger partial charge in [0.2, 0.25) is 5.89 Å². The van der Waals surface area contributed by atoms with E-state index in [1.165, 1.54) is 6.42 Å². The molecule has 1 N–H and O–H groups in total. The van der Waals surface area contributed by atoms with Gasteiger partial charge in [0.15, 0.2) is 5.82 Å². The number of hydrogen-bond acceptors (Lipinski definition) is 4. The predicted octanol–water partition coefficient (Wildman–Crippen LogP) is 3.16. The fourth-order valence-electron chi connectivity index (χ4n) is 2.93. The maximum absolute atomic E-state index is 11.1. The Morgan fingerprint density at radius 3 is 2.58 bits per heavy atom. The third kappa shape index (κ3) is 3.55. The Labute approximate surface area is 113 Å². The second kappa shape index (κ2) is 5.72. The summed E-state index contributed by atoms with van der Waals surface area (Å²) in [5.74, 6) is 0.799. The Morgan fingerprint density at radius 1 is 1.37 bits per heavy atom. The molecule has 2 rings (SSSR count). The SMILES string of the molecule is CC(C)c1noc(CC2(CC(=O)O)CCCCC2)n1. The molecule has 1 aliphatic rings. The second-order valence-corrected chi connectivity index (χ2v) is 6.01. The number of aliphatic carboxylic acids is 1. The summed E-state index contributed by atoms with van der Waals surface area (Å²) in [7, 11) is 0. The fraction of sp³-hybridized carbons (Fsp3) is 0.786. The maximum Gasteiger partial charge on any atom is 0.303 e. The minimum absolute atomic E-state index is 0.190. The summed E-state index contributed by atoms with van der Waals surface area (Å²) in [4.78, 5) is 15.5. The largest absolute Gasteiger partial charge is 0.481 e. The van der Waals surface area contributed by atoms with Crippen LogP contribution in [0, 0.1) is 5.41 Å². The monoisotopic (exact) mass is 266 g/mol. The topological polar surface area (TPSA) is 76.2 Å². The van der Waals surface area contributed by atoms with Gasteiger partial charge in [0.25, 0.3) is 0 Å². The van der Waals surface area contributed by atoms with E-state index in [0.717, 1.165) is 25.7 Å². The van der Waals surface area contributed by atoms with E-state index in [1.807, 2.05) is 13.8 Å². The van der Waals surface area contributed by atoms with Crippen LogP contribution < -0.4 is 0 Å². The zero-order valence-electron chi connectivity index (χ0n) is 11.7. The van der Waals surface area contributed by atoms with Crippen molar-refractivity contribution in [2.24, 2.45) is 5.41 Å². The van der Waals surface area contributed by atoms with E-state index in [9.17, 15) is 4.79 Å². The van der Waals surface area contributed by atoms with E-state index >= 15 is 0 Å². The summed E-state index contributed by atoms with van der Waals surface area (Å²) in [5.41, 5.74) is -0.190. The van der Waals surface area contributed by atoms with Crippen molar-refractivity contribution < 1.29 is 14.4 Å². The number of carboxylic acids is 1. The lowest BCUT2D eigenvalue weighted by atomic mass is 9.69. The van der Waals surface area contributed by atoms with Gasteiger partial charge in [-0.15, -0.1) is 0 Å². The van der Waals surface area contributed by atoms with Crippen LogP contribution in [0.25, 0.3) is 0 Å². The van der Waals surface area contributed by atoms with Gasteiger partial charge in [-0.1, -0.05) is 38.3 Å². The van der Waals surface area contributed by atoms with Crippen molar-refractivity contribution in [3.05, 3.63) is 11.7 Å². The summed E-state index contributed by atoms with van der Waals surface area (Å²) in [6.45, 7) is 4.03. The van der Waals surface area contributed by atoms with Crippen molar-refractivity contribution in [1.82, 2.24) is 10.1 Å².